The summed E-state index contributed by atoms with van der Waals surface area (Å²) in [5.74, 6) is 0.116. The molecule has 0 saturated carbocycles. The van der Waals surface area contributed by atoms with Crippen LogP contribution in [0.25, 0.3) is 5.69 Å². The molecule has 110 valence electrons. The lowest BCUT2D eigenvalue weighted by Gasteiger charge is -2.26. The van der Waals surface area contributed by atoms with Crippen molar-refractivity contribution in [2.45, 2.75) is 33.1 Å². The number of carbonyl (C=O) groups excluding carboxylic acids is 1. The Balaban J connectivity index is 1.88. The fraction of sp³-hybridized carbons (Fsp3) is 0.412. The van der Waals surface area contributed by atoms with E-state index >= 15 is 0 Å². The molecule has 0 aliphatic carbocycles. The number of piperidine rings is 1. The first-order chi connectivity index (χ1) is 10.2. The van der Waals surface area contributed by atoms with Crippen molar-refractivity contribution in [2.24, 2.45) is 0 Å². The van der Waals surface area contributed by atoms with Crippen molar-refractivity contribution in [1.82, 2.24) is 14.7 Å². The van der Waals surface area contributed by atoms with Gasteiger partial charge in [-0.05, 0) is 45.2 Å². The van der Waals surface area contributed by atoms with Crippen LogP contribution in [0, 0.1) is 13.8 Å². The number of carbonyl (C=O) groups is 1. The van der Waals surface area contributed by atoms with E-state index in [-0.39, 0.29) is 5.91 Å². The third kappa shape index (κ3) is 2.71. The van der Waals surface area contributed by atoms with Gasteiger partial charge in [-0.1, -0.05) is 17.7 Å². The SMILES string of the molecule is Cc1ccc(-n2ncc(C(=O)N3CCCCC3)c2C)cc1. The third-order valence-corrected chi connectivity index (χ3v) is 4.16. The first-order valence-electron chi connectivity index (χ1n) is 7.58. The molecule has 2 heterocycles. The molecule has 1 amide bonds. The van der Waals surface area contributed by atoms with Crippen LogP contribution in [0.3, 0.4) is 0 Å². The highest BCUT2D eigenvalue weighted by atomic mass is 16.2. The molecule has 0 atom stereocenters. The minimum Gasteiger partial charge on any atom is -0.339 e. The zero-order valence-corrected chi connectivity index (χ0v) is 12.7. The van der Waals surface area contributed by atoms with E-state index in [0.29, 0.717) is 0 Å². The van der Waals surface area contributed by atoms with E-state index in [1.807, 2.05) is 28.6 Å². The molecule has 0 unspecified atom stereocenters. The summed E-state index contributed by atoms with van der Waals surface area (Å²) in [6.45, 7) is 5.76. The number of likely N-dealkylation sites (tertiary alicyclic amines) is 1. The van der Waals surface area contributed by atoms with Gasteiger partial charge < -0.3 is 4.90 Å². The molecule has 1 aliphatic heterocycles. The average Bonchev–Trinajstić information content (AvgIpc) is 2.90. The van der Waals surface area contributed by atoms with Crippen molar-refractivity contribution in [3.05, 3.63) is 47.3 Å². The van der Waals surface area contributed by atoms with Gasteiger partial charge in [-0.3, -0.25) is 4.79 Å². The summed E-state index contributed by atoms with van der Waals surface area (Å²) in [6, 6.07) is 8.18. The van der Waals surface area contributed by atoms with Gasteiger partial charge in [-0.2, -0.15) is 5.10 Å². The molecule has 1 saturated heterocycles. The Bertz CT molecular complexity index is 637. The fourth-order valence-corrected chi connectivity index (χ4v) is 2.83. The largest absolute Gasteiger partial charge is 0.339 e. The van der Waals surface area contributed by atoms with E-state index in [9.17, 15) is 4.79 Å². The summed E-state index contributed by atoms with van der Waals surface area (Å²) in [5, 5.41) is 4.40. The Morgan fingerprint density at radius 3 is 2.38 bits per heavy atom. The maximum Gasteiger partial charge on any atom is 0.257 e. The predicted molar refractivity (Wildman–Crippen MR) is 82.8 cm³/mol. The molecule has 3 rings (SSSR count). The number of nitrogens with zero attached hydrogens (tertiary/aromatic N) is 3. The van der Waals surface area contributed by atoms with Crippen molar-refractivity contribution in [3.8, 4) is 5.69 Å². The van der Waals surface area contributed by atoms with Crippen LogP contribution in [0.15, 0.2) is 30.5 Å². The number of rotatable bonds is 2. The Kier molecular flexibility index (Phi) is 3.78. The summed E-state index contributed by atoms with van der Waals surface area (Å²) < 4.78 is 1.84. The first kappa shape index (κ1) is 13.9. The molecule has 0 radical (unpaired) electrons. The fourth-order valence-electron chi connectivity index (χ4n) is 2.83. The molecule has 1 aliphatic rings. The van der Waals surface area contributed by atoms with Gasteiger partial charge in [0.05, 0.1) is 23.1 Å². The maximum atomic E-state index is 12.6. The van der Waals surface area contributed by atoms with Crippen LogP contribution >= 0.6 is 0 Å². The van der Waals surface area contributed by atoms with E-state index in [4.69, 9.17) is 0 Å². The van der Waals surface area contributed by atoms with Gasteiger partial charge in [0.15, 0.2) is 0 Å². The first-order valence-corrected chi connectivity index (χ1v) is 7.58. The molecule has 2 aromatic rings. The highest BCUT2D eigenvalue weighted by molar-refractivity contribution is 5.95. The van der Waals surface area contributed by atoms with Crippen molar-refractivity contribution < 1.29 is 4.79 Å². The van der Waals surface area contributed by atoms with E-state index in [0.717, 1.165) is 42.9 Å². The molecular weight excluding hydrogens is 262 g/mol. The number of amides is 1. The normalized spacial score (nSPS) is 15.2. The van der Waals surface area contributed by atoms with Crippen molar-refractivity contribution in [3.63, 3.8) is 0 Å². The van der Waals surface area contributed by atoms with Crippen molar-refractivity contribution in [1.29, 1.82) is 0 Å². The topological polar surface area (TPSA) is 38.1 Å². The average molecular weight is 283 g/mol. The summed E-state index contributed by atoms with van der Waals surface area (Å²) in [5.41, 5.74) is 3.84. The predicted octanol–water partition coefficient (Wildman–Crippen LogP) is 3.12. The number of benzene rings is 1. The molecule has 21 heavy (non-hydrogen) atoms. The van der Waals surface area contributed by atoms with Gasteiger partial charge in [0, 0.05) is 13.1 Å². The lowest BCUT2D eigenvalue weighted by molar-refractivity contribution is 0.0723. The Hall–Kier alpha value is -2.10. The monoisotopic (exact) mass is 283 g/mol. The van der Waals surface area contributed by atoms with Crippen molar-refractivity contribution >= 4 is 5.91 Å². The highest BCUT2D eigenvalue weighted by Gasteiger charge is 2.22. The summed E-state index contributed by atoms with van der Waals surface area (Å²) in [7, 11) is 0. The van der Waals surface area contributed by atoms with E-state index in [2.05, 4.69) is 24.2 Å². The summed E-state index contributed by atoms with van der Waals surface area (Å²) in [6.07, 6.45) is 5.14. The van der Waals surface area contributed by atoms with E-state index in [1.54, 1.807) is 6.20 Å². The lowest BCUT2D eigenvalue weighted by atomic mass is 10.1. The number of hydrogen-bond acceptors (Lipinski definition) is 2. The van der Waals surface area contributed by atoms with Crippen LogP contribution in [-0.2, 0) is 0 Å². The maximum absolute atomic E-state index is 12.6. The standard InChI is InChI=1S/C17H21N3O/c1-13-6-8-15(9-7-13)20-14(2)16(12-18-20)17(21)19-10-4-3-5-11-19/h6-9,12H,3-5,10-11H2,1-2H3. The van der Waals surface area contributed by atoms with Crippen molar-refractivity contribution in [2.75, 3.05) is 13.1 Å². The zero-order valence-electron chi connectivity index (χ0n) is 12.7. The third-order valence-electron chi connectivity index (χ3n) is 4.16. The van der Waals surface area contributed by atoms with E-state index < -0.39 is 0 Å². The lowest BCUT2D eigenvalue weighted by Crippen LogP contribution is -2.35. The molecule has 0 N–H and O–H groups in total. The Morgan fingerprint density at radius 1 is 1.05 bits per heavy atom. The van der Waals surface area contributed by atoms with Gasteiger partial charge in [-0.15, -0.1) is 0 Å². The second-order valence-electron chi connectivity index (χ2n) is 5.74. The van der Waals surface area contributed by atoms with Crippen LogP contribution in [0.1, 0.15) is 40.9 Å². The molecule has 0 spiro atoms. The molecule has 4 heteroatoms. The van der Waals surface area contributed by atoms with Crippen LogP contribution < -0.4 is 0 Å². The highest BCUT2D eigenvalue weighted by Crippen LogP contribution is 2.18. The van der Waals surface area contributed by atoms with Gasteiger partial charge in [-0.25, -0.2) is 4.68 Å². The summed E-state index contributed by atoms with van der Waals surface area (Å²) >= 11 is 0. The molecule has 4 nitrogen and oxygen atoms in total. The molecule has 0 bridgehead atoms. The van der Waals surface area contributed by atoms with Gasteiger partial charge in [0.1, 0.15) is 0 Å². The quantitative estimate of drug-likeness (QED) is 0.849. The minimum absolute atomic E-state index is 0.116. The molecule has 1 fully saturated rings. The zero-order chi connectivity index (χ0) is 14.8. The summed E-state index contributed by atoms with van der Waals surface area (Å²) in [4.78, 5) is 14.5. The molecular formula is C17H21N3O. The second kappa shape index (κ2) is 5.72. The van der Waals surface area contributed by atoms with Gasteiger partial charge >= 0.3 is 0 Å². The number of aromatic nitrogens is 2. The van der Waals surface area contributed by atoms with E-state index in [1.165, 1.54) is 12.0 Å². The van der Waals surface area contributed by atoms with Crippen LogP contribution in [0.5, 0.6) is 0 Å². The smallest absolute Gasteiger partial charge is 0.257 e. The number of aryl methyl sites for hydroxylation is 1. The Morgan fingerprint density at radius 2 is 1.71 bits per heavy atom. The Labute approximate surface area is 125 Å². The van der Waals surface area contributed by atoms with Gasteiger partial charge in [0.2, 0.25) is 0 Å². The van der Waals surface area contributed by atoms with Crippen LogP contribution in [0.2, 0.25) is 0 Å². The second-order valence-corrected chi connectivity index (χ2v) is 5.74. The molecule has 1 aromatic carbocycles. The minimum atomic E-state index is 0.116. The van der Waals surface area contributed by atoms with Crippen LogP contribution in [-0.4, -0.2) is 33.7 Å². The molecule has 1 aromatic heterocycles. The van der Waals surface area contributed by atoms with Gasteiger partial charge in [0.25, 0.3) is 5.91 Å². The van der Waals surface area contributed by atoms with Crippen LogP contribution in [0.4, 0.5) is 0 Å². The number of hydrogen-bond donors (Lipinski definition) is 0.